The molecule has 0 unspecified atom stereocenters. The van der Waals surface area contributed by atoms with Crippen LogP contribution >= 0.6 is 27.5 Å². The largest absolute Gasteiger partial charge is 0.319 e. The summed E-state index contributed by atoms with van der Waals surface area (Å²) in [5.74, 6) is -0.270. The van der Waals surface area contributed by atoms with Crippen molar-refractivity contribution in [3.63, 3.8) is 0 Å². The summed E-state index contributed by atoms with van der Waals surface area (Å²) in [6.45, 7) is 0. The number of nitrogens with zero attached hydrogens (tertiary/aromatic N) is 2. The zero-order valence-corrected chi connectivity index (χ0v) is 11.3. The number of amides is 1. The zero-order valence-electron chi connectivity index (χ0n) is 8.95. The van der Waals surface area contributed by atoms with E-state index in [-0.39, 0.29) is 5.91 Å². The van der Waals surface area contributed by atoms with Gasteiger partial charge in [-0.25, -0.2) is 0 Å². The number of carbonyl (C=O) groups is 1. The fourth-order valence-electron chi connectivity index (χ4n) is 1.32. The summed E-state index contributed by atoms with van der Waals surface area (Å²) < 4.78 is 2.34. The van der Waals surface area contributed by atoms with E-state index in [0.717, 1.165) is 4.47 Å². The summed E-state index contributed by atoms with van der Waals surface area (Å²) in [4.78, 5) is 11.8. The highest BCUT2D eigenvalue weighted by molar-refractivity contribution is 9.10. The first-order valence-corrected chi connectivity index (χ1v) is 5.99. The Morgan fingerprint density at radius 3 is 2.88 bits per heavy atom. The van der Waals surface area contributed by atoms with E-state index >= 15 is 0 Å². The van der Waals surface area contributed by atoms with Gasteiger partial charge in [-0.15, -0.1) is 0 Å². The third-order valence-corrected chi connectivity index (χ3v) is 3.05. The van der Waals surface area contributed by atoms with Crippen LogP contribution in [0.5, 0.6) is 0 Å². The average molecular weight is 315 g/mol. The molecule has 0 fully saturated rings. The van der Waals surface area contributed by atoms with E-state index < -0.39 is 0 Å². The Kier molecular flexibility index (Phi) is 3.49. The van der Waals surface area contributed by atoms with E-state index in [4.69, 9.17) is 11.6 Å². The second-order valence-electron chi connectivity index (χ2n) is 3.45. The summed E-state index contributed by atoms with van der Waals surface area (Å²) in [7, 11) is 1.76. The molecular formula is C11H9BrClN3O. The second-order valence-corrected chi connectivity index (χ2v) is 4.74. The highest BCUT2D eigenvalue weighted by Crippen LogP contribution is 2.26. The summed E-state index contributed by atoms with van der Waals surface area (Å²) in [6, 6.07) is 6.83. The number of hydrogen-bond donors (Lipinski definition) is 1. The number of rotatable bonds is 2. The number of aromatic nitrogens is 2. The van der Waals surface area contributed by atoms with Crippen molar-refractivity contribution in [1.29, 1.82) is 0 Å². The maximum atomic E-state index is 11.8. The van der Waals surface area contributed by atoms with E-state index in [2.05, 4.69) is 26.3 Å². The van der Waals surface area contributed by atoms with Crippen LogP contribution in [0.3, 0.4) is 0 Å². The Balaban J connectivity index is 2.21. The molecule has 0 spiro atoms. The topological polar surface area (TPSA) is 46.9 Å². The molecule has 0 aliphatic rings. The van der Waals surface area contributed by atoms with E-state index in [0.29, 0.717) is 16.4 Å². The fourth-order valence-corrected chi connectivity index (χ4v) is 1.83. The van der Waals surface area contributed by atoms with Crippen LogP contribution in [0.25, 0.3) is 0 Å². The molecule has 4 nitrogen and oxygen atoms in total. The van der Waals surface area contributed by atoms with Gasteiger partial charge in [0.05, 0.1) is 5.69 Å². The lowest BCUT2D eigenvalue weighted by Gasteiger charge is -2.06. The minimum atomic E-state index is -0.270. The third-order valence-electron chi connectivity index (χ3n) is 2.12. The number of carbonyl (C=O) groups excluding carboxylic acids is 1. The van der Waals surface area contributed by atoms with Crippen molar-refractivity contribution in [1.82, 2.24) is 9.78 Å². The van der Waals surface area contributed by atoms with E-state index in [1.165, 1.54) is 0 Å². The molecule has 1 heterocycles. The van der Waals surface area contributed by atoms with Crippen molar-refractivity contribution in [2.75, 3.05) is 5.32 Å². The van der Waals surface area contributed by atoms with Crippen molar-refractivity contribution in [3.8, 4) is 0 Å². The number of benzene rings is 1. The molecule has 0 bridgehead atoms. The van der Waals surface area contributed by atoms with Crippen LogP contribution in [0.4, 0.5) is 5.69 Å². The van der Waals surface area contributed by atoms with Gasteiger partial charge in [0.1, 0.15) is 0 Å². The van der Waals surface area contributed by atoms with E-state index in [1.807, 2.05) is 0 Å². The van der Waals surface area contributed by atoms with Gasteiger partial charge in [0, 0.05) is 22.7 Å². The highest BCUT2D eigenvalue weighted by Gasteiger charge is 2.10. The predicted octanol–water partition coefficient (Wildman–Crippen LogP) is 3.09. The molecule has 2 aromatic rings. The van der Waals surface area contributed by atoms with Gasteiger partial charge in [-0.05, 0) is 40.2 Å². The molecule has 1 aromatic carbocycles. The number of hydrogen-bond acceptors (Lipinski definition) is 2. The lowest BCUT2D eigenvalue weighted by molar-refractivity contribution is 0.102. The monoisotopic (exact) mass is 313 g/mol. The average Bonchev–Trinajstić information content (AvgIpc) is 2.70. The van der Waals surface area contributed by atoms with Crippen molar-refractivity contribution in [2.45, 2.75) is 0 Å². The van der Waals surface area contributed by atoms with Crippen LogP contribution in [0.2, 0.25) is 5.02 Å². The van der Waals surface area contributed by atoms with Crippen molar-refractivity contribution < 1.29 is 4.79 Å². The first-order chi connectivity index (χ1) is 8.06. The van der Waals surface area contributed by atoms with Crippen LogP contribution in [-0.2, 0) is 7.05 Å². The van der Waals surface area contributed by atoms with Gasteiger partial charge in [0.15, 0.2) is 5.69 Å². The minimum absolute atomic E-state index is 0.270. The Morgan fingerprint density at radius 2 is 2.24 bits per heavy atom. The number of aryl methyl sites for hydroxylation is 1. The summed E-state index contributed by atoms with van der Waals surface area (Å²) in [5.41, 5.74) is 0.979. The van der Waals surface area contributed by atoms with Gasteiger partial charge in [-0.2, -0.15) is 5.10 Å². The molecule has 0 aliphatic heterocycles. The van der Waals surface area contributed by atoms with Gasteiger partial charge < -0.3 is 5.32 Å². The third kappa shape index (κ3) is 2.87. The minimum Gasteiger partial charge on any atom is -0.319 e. The number of nitrogens with one attached hydrogen (secondary N) is 1. The van der Waals surface area contributed by atoms with Gasteiger partial charge in [-0.1, -0.05) is 11.6 Å². The van der Waals surface area contributed by atoms with Crippen LogP contribution in [0.15, 0.2) is 34.9 Å². The molecule has 0 aliphatic carbocycles. The molecule has 1 aromatic heterocycles. The predicted molar refractivity (Wildman–Crippen MR) is 70.3 cm³/mol. The smallest absolute Gasteiger partial charge is 0.276 e. The van der Waals surface area contributed by atoms with Crippen LogP contribution in [0.1, 0.15) is 10.5 Å². The molecule has 88 valence electrons. The van der Waals surface area contributed by atoms with Crippen LogP contribution in [0, 0.1) is 0 Å². The molecule has 0 saturated heterocycles. The second kappa shape index (κ2) is 4.89. The first kappa shape index (κ1) is 12.1. The van der Waals surface area contributed by atoms with Crippen molar-refractivity contribution in [2.24, 2.45) is 7.05 Å². The Labute approximate surface area is 112 Å². The molecule has 0 atom stereocenters. The normalized spacial score (nSPS) is 10.3. The fraction of sp³-hybridized carbons (Fsp3) is 0.0909. The lowest BCUT2D eigenvalue weighted by Crippen LogP contribution is -2.13. The molecule has 2 rings (SSSR count). The number of anilines is 1. The molecule has 1 N–H and O–H groups in total. The molecule has 1 amide bonds. The Morgan fingerprint density at radius 1 is 1.47 bits per heavy atom. The van der Waals surface area contributed by atoms with E-state index in [1.54, 1.807) is 42.2 Å². The van der Waals surface area contributed by atoms with Crippen LogP contribution < -0.4 is 5.32 Å². The van der Waals surface area contributed by atoms with Gasteiger partial charge in [-0.3, -0.25) is 9.48 Å². The van der Waals surface area contributed by atoms with Crippen molar-refractivity contribution >= 4 is 39.1 Å². The molecule has 6 heteroatoms. The molecule has 0 saturated carbocycles. The summed E-state index contributed by atoms with van der Waals surface area (Å²) in [6.07, 6.45) is 1.71. The maximum absolute atomic E-state index is 11.8. The van der Waals surface area contributed by atoms with E-state index in [9.17, 15) is 4.79 Å². The zero-order chi connectivity index (χ0) is 12.4. The molecule has 17 heavy (non-hydrogen) atoms. The number of halogens is 2. The molecular weight excluding hydrogens is 305 g/mol. The SMILES string of the molecule is Cn1ccc(C(=O)Nc2cc(Cl)ccc2Br)n1. The Hall–Kier alpha value is -1.33. The lowest BCUT2D eigenvalue weighted by atomic mass is 10.3. The first-order valence-electron chi connectivity index (χ1n) is 4.82. The standard InChI is InChI=1S/C11H9BrClN3O/c1-16-5-4-9(15-16)11(17)14-10-6-7(13)2-3-8(10)12/h2-6H,1H3,(H,14,17). The highest BCUT2D eigenvalue weighted by atomic mass is 79.9. The quantitative estimate of drug-likeness (QED) is 0.926. The summed E-state index contributed by atoms with van der Waals surface area (Å²) >= 11 is 9.20. The van der Waals surface area contributed by atoms with Crippen LogP contribution in [-0.4, -0.2) is 15.7 Å². The Bertz CT molecular complexity index is 568. The van der Waals surface area contributed by atoms with Gasteiger partial charge in [0.25, 0.3) is 5.91 Å². The maximum Gasteiger partial charge on any atom is 0.276 e. The summed E-state index contributed by atoms with van der Waals surface area (Å²) in [5, 5.41) is 7.31. The van der Waals surface area contributed by atoms with Crippen molar-refractivity contribution in [3.05, 3.63) is 45.7 Å². The van der Waals surface area contributed by atoms with Gasteiger partial charge >= 0.3 is 0 Å². The van der Waals surface area contributed by atoms with Gasteiger partial charge in [0.2, 0.25) is 0 Å². The molecule has 0 radical (unpaired) electrons.